The van der Waals surface area contributed by atoms with Gasteiger partial charge in [-0.15, -0.1) is 0 Å². The number of aromatic nitrogens is 2. The van der Waals surface area contributed by atoms with E-state index in [9.17, 15) is 0 Å². The van der Waals surface area contributed by atoms with Crippen LogP contribution >= 0.6 is 0 Å². The Morgan fingerprint density at radius 3 is 2.65 bits per heavy atom. The molecule has 3 heteroatoms. The molecule has 26 heavy (non-hydrogen) atoms. The lowest BCUT2D eigenvalue weighted by molar-refractivity contribution is 0.312. The number of fused-ring (bicyclic) bond motifs is 3. The van der Waals surface area contributed by atoms with Crippen molar-refractivity contribution in [2.24, 2.45) is 0 Å². The largest absolute Gasteiger partial charge is 0.320 e. The van der Waals surface area contributed by atoms with Crippen molar-refractivity contribution in [2.45, 2.75) is 39.7 Å². The van der Waals surface area contributed by atoms with Gasteiger partial charge in [0.1, 0.15) is 0 Å². The van der Waals surface area contributed by atoms with E-state index < -0.39 is 0 Å². The normalized spacial score (nSPS) is 15.7. The summed E-state index contributed by atoms with van der Waals surface area (Å²) in [6, 6.07) is 11.2. The molecule has 0 saturated heterocycles. The van der Waals surface area contributed by atoms with Crippen LogP contribution in [0.15, 0.2) is 42.7 Å². The first kappa shape index (κ1) is 17.0. The van der Waals surface area contributed by atoms with Crippen LogP contribution in [0.25, 0.3) is 22.7 Å². The van der Waals surface area contributed by atoms with Crippen LogP contribution in [0.2, 0.25) is 0 Å². The molecule has 3 aromatic rings. The Kier molecular flexibility index (Phi) is 4.41. The summed E-state index contributed by atoms with van der Waals surface area (Å²) in [5, 5.41) is 1.41. The molecule has 0 N–H and O–H groups in total. The fourth-order valence-corrected chi connectivity index (χ4v) is 3.93. The average molecular weight is 345 g/mol. The number of hydrogen-bond donors (Lipinski definition) is 0. The van der Waals surface area contributed by atoms with Gasteiger partial charge in [-0.3, -0.25) is 4.98 Å². The highest BCUT2D eigenvalue weighted by Gasteiger charge is 2.22. The third-order valence-corrected chi connectivity index (χ3v) is 5.53. The minimum Gasteiger partial charge on any atom is -0.320 e. The molecule has 0 aliphatic carbocycles. The molecule has 0 spiro atoms. The van der Waals surface area contributed by atoms with Gasteiger partial charge in [-0.05, 0) is 66.4 Å². The molecular weight excluding hydrogens is 318 g/mol. The standard InChI is InChI=1S/C23H27N3/c1-16(2)19-5-6-22-20(13-19)21-15-25(4)12-9-23(21)26(22)14-17(3)18-7-10-24-11-8-18/h5-8,10-11,13-14,16H,9,12,15H2,1-4H3. The molecule has 3 heterocycles. The number of benzene rings is 1. The van der Waals surface area contributed by atoms with Gasteiger partial charge in [0.15, 0.2) is 0 Å². The zero-order valence-electron chi connectivity index (χ0n) is 16.2. The smallest absolute Gasteiger partial charge is 0.0529 e. The van der Waals surface area contributed by atoms with E-state index in [1.54, 1.807) is 0 Å². The summed E-state index contributed by atoms with van der Waals surface area (Å²) in [7, 11) is 2.22. The van der Waals surface area contributed by atoms with E-state index in [1.807, 2.05) is 12.4 Å². The Hall–Kier alpha value is -2.39. The topological polar surface area (TPSA) is 21.1 Å². The van der Waals surface area contributed by atoms with Crippen LogP contribution in [0.4, 0.5) is 0 Å². The second kappa shape index (κ2) is 6.73. The maximum absolute atomic E-state index is 4.14. The third-order valence-electron chi connectivity index (χ3n) is 5.53. The van der Waals surface area contributed by atoms with Gasteiger partial charge in [0, 0.05) is 49.2 Å². The highest BCUT2D eigenvalue weighted by atomic mass is 15.1. The molecule has 2 aromatic heterocycles. The summed E-state index contributed by atoms with van der Waals surface area (Å²) in [6.07, 6.45) is 7.12. The fraction of sp³-hybridized carbons (Fsp3) is 0.348. The van der Waals surface area contributed by atoms with Gasteiger partial charge >= 0.3 is 0 Å². The highest BCUT2D eigenvalue weighted by Crippen LogP contribution is 2.34. The molecule has 0 unspecified atom stereocenters. The van der Waals surface area contributed by atoms with Crippen molar-refractivity contribution >= 4 is 22.7 Å². The first-order valence-corrected chi connectivity index (χ1v) is 9.47. The molecule has 1 aliphatic heterocycles. The Bertz CT molecular complexity index is 964. The minimum atomic E-state index is 0.550. The van der Waals surface area contributed by atoms with E-state index >= 15 is 0 Å². The molecule has 3 nitrogen and oxygen atoms in total. The minimum absolute atomic E-state index is 0.550. The summed E-state index contributed by atoms with van der Waals surface area (Å²) in [4.78, 5) is 6.56. The van der Waals surface area contributed by atoms with Gasteiger partial charge in [0.2, 0.25) is 0 Å². The first-order valence-electron chi connectivity index (χ1n) is 9.47. The summed E-state index contributed by atoms with van der Waals surface area (Å²) in [5.74, 6) is 0.550. The lowest BCUT2D eigenvalue weighted by atomic mass is 9.98. The number of nitrogens with zero attached hydrogens (tertiary/aromatic N) is 3. The van der Waals surface area contributed by atoms with Crippen molar-refractivity contribution in [1.29, 1.82) is 0 Å². The monoisotopic (exact) mass is 345 g/mol. The zero-order valence-corrected chi connectivity index (χ0v) is 16.2. The Morgan fingerprint density at radius 1 is 1.15 bits per heavy atom. The maximum atomic E-state index is 4.14. The Labute approximate surface area is 156 Å². The molecule has 4 rings (SSSR count). The Balaban J connectivity index is 1.92. The van der Waals surface area contributed by atoms with Crippen molar-refractivity contribution in [3.05, 3.63) is 65.1 Å². The van der Waals surface area contributed by atoms with Crippen molar-refractivity contribution in [3.63, 3.8) is 0 Å². The van der Waals surface area contributed by atoms with Gasteiger partial charge in [-0.25, -0.2) is 0 Å². The summed E-state index contributed by atoms with van der Waals surface area (Å²) in [5.41, 5.74) is 8.19. The van der Waals surface area contributed by atoms with Crippen LogP contribution in [0, 0.1) is 0 Å². The van der Waals surface area contributed by atoms with Crippen LogP contribution in [-0.2, 0) is 13.0 Å². The highest BCUT2D eigenvalue weighted by molar-refractivity contribution is 5.90. The molecule has 0 amide bonds. The summed E-state index contributed by atoms with van der Waals surface area (Å²) < 4.78 is 2.43. The number of rotatable bonds is 3. The predicted octanol–water partition coefficient (Wildman–Crippen LogP) is 5.17. The number of pyridine rings is 1. The molecule has 0 fully saturated rings. The van der Waals surface area contributed by atoms with Crippen molar-refractivity contribution in [2.75, 3.05) is 13.6 Å². The van der Waals surface area contributed by atoms with Gasteiger partial charge in [0.25, 0.3) is 0 Å². The van der Waals surface area contributed by atoms with Crippen molar-refractivity contribution in [1.82, 2.24) is 14.5 Å². The van der Waals surface area contributed by atoms with E-state index in [2.05, 4.69) is 78.8 Å². The first-order chi connectivity index (χ1) is 12.5. The lowest BCUT2D eigenvalue weighted by Crippen LogP contribution is -2.26. The third kappa shape index (κ3) is 2.97. The van der Waals surface area contributed by atoms with Crippen LogP contribution in [-0.4, -0.2) is 28.0 Å². The molecule has 0 bridgehead atoms. The Morgan fingerprint density at radius 2 is 1.92 bits per heavy atom. The molecular formula is C23H27N3. The second-order valence-corrected chi connectivity index (χ2v) is 7.76. The van der Waals surface area contributed by atoms with Crippen LogP contribution in [0.5, 0.6) is 0 Å². The van der Waals surface area contributed by atoms with Gasteiger partial charge in [-0.1, -0.05) is 19.9 Å². The zero-order chi connectivity index (χ0) is 18.3. The molecule has 1 aliphatic rings. The van der Waals surface area contributed by atoms with Crippen molar-refractivity contribution in [3.8, 4) is 0 Å². The van der Waals surface area contributed by atoms with E-state index in [1.165, 1.54) is 38.9 Å². The van der Waals surface area contributed by atoms with Crippen LogP contribution in [0.1, 0.15) is 49.1 Å². The van der Waals surface area contributed by atoms with E-state index in [-0.39, 0.29) is 0 Å². The maximum Gasteiger partial charge on any atom is 0.0529 e. The van der Waals surface area contributed by atoms with E-state index in [4.69, 9.17) is 0 Å². The number of allylic oxidation sites excluding steroid dienone is 1. The molecule has 0 saturated carbocycles. The summed E-state index contributed by atoms with van der Waals surface area (Å²) in [6.45, 7) is 8.87. The van der Waals surface area contributed by atoms with Crippen LogP contribution < -0.4 is 0 Å². The van der Waals surface area contributed by atoms with Crippen LogP contribution in [0.3, 0.4) is 0 Å². The second-order valence-electron chi connectivity index (χ2n) is 7.76. The SMILES string of the molecule is CC(=Cn1c2c(c3cc(C(C)C)ccc31)CN(C)CC2)c1ccncc1. The number of hydrogen-bond acceptors (Lipinski definition) is 2. The average Bonchev–Trinajstić information content (AvgIpc) is 2.95. The van der Waals surface area contributed by atoms with Crippen molar-refractivity contribution < 1.29 is 0 Å². The van der Waals surface area contributed by atoms with Gasteiger partial charge in [0.05, 0.1) is 5.52 Å². The molecule has 1 aromatic carbocycles. The fourth-order valence-electron chi connectivity index (χ4n) is 3.93. The van der Waals surface area contributed by atoms with E-state index in [0.29, 0.717) is 5.92 Å². The molecule has 0 atom stereocenters. The van der Waals surface area contributed by atoms with Gasteiger partial charge in [-0.2, -0.15) is 0 Å². The quantitative estimate of drug-likeness (QED) is 0.653. The van der Waals surface area contributed by atoms with E-state index in [0.717, 1.165) is 19.5 Å². The molecule has 134 valence electrons. The number of likely N-dealkylation sites (N-methyl/N-ethyl adjacent to an activating group) is 1. The van der Waals surface area contributed by atoms with Gasteiger partial charge < -0.3 is 9.47 Å². The lowest BCUT2D eigenvalue weighted by Gasteiger charge is -2.23. The molecule has 0 radical (unpaired) electrons. The summed E-state index contributed by atoms with van der Waals surface area (Å²) >= 11 is 0. The predicted molar refractivity (Wildman–Crippen MR) is 110 cm³/mol.